The fraction of sp³-hybridized carbons (Fsp3) is 0.467. The van der Waals surface area contributed by atoms with Gasteiger partial charge in [-0.15, -0.1) is 0 Å². The fourth-order valence-corrected chi connectivity index (χ4v) is 2.28. The molecule has 1 aliphatic heterocycles. The van der Waals surface area contributed by atoms with Crippen LogP contribution in [0.5, 0.6) is 0 Å². The Morgan fingerprint density at radius 1 is 1.24 bits per heavy atom. The highest BCUT2D eigenvalue weighted by atomic mass is 16.5. The number of benzene rings is 1. The first-order valence-electron chi connectivity index (χ1n) is 7.10. The number of nitrogens with zero attached hydrogens (tertiary/aromatic N) is 1. The molecule has 1 aromatic carbocycles. The van der Waals surface area contributed by atoms with Crippen molar-refractivity contribution >= 4 is 17.6 Å². The summed E-state index contributed by atoms with van der Waals surface area (Å²) in [5, 5.41) is 11.4. The molecule has 0 aliphatic carbocycles. The maximum absolute atomic E-state index is 12.2. The molecule has 1 heterocycles. The molecule has 0 saturated carbocycles. The van der Waals surface area contributed by atoms with Gasteiger partial charge in [-0.25, -0.2) is 0 Å². The molecule has 6 heteroatoms. The number of amides is 1. The van der Waals surface area contributed by atoms with Gasteiger partial charge in [-0.2, -0.15) is 0 Å². The van der Waals surface area contributed by atoms with Crippen molar-refractivity contribution in [1.29, 1.82) is 0 Å². The molecule has 0 radical (unpaired) electrons. The number of hydrogen-bond donors (Lipinski definition) is 2. The monoisotopic (exact) mass is 292 g/mol. The number of ether oxygens (including phenoxy) is 1. The van der Waals surface area contributed by atoms with E-state index in [0.717, 1.165) is 18.8 Å². The largest absolute Gasteiger partial charge is 0.481 e. The average molecular weight is 292 g/mol. The van der Waals surface area contributed by atoms with Gasteiger partial charge in [0.25, 0.3) is 5.91 Å². The maximum Gasteiger partial charge on any atom is 0.303 e. The number of carboxylic acids is 1. The molecule has 0 aromatic heterocycles. The van der Waals surface area contributed by atoms with Crippen LogP contribution in [0, 0.1) is 0 Å². The van der Waals surface area contributed by atoms with E-state index in [9.17, 15) is 9.59 Å². The molecule has 0 bridgehead atoms. The van der Waals surface area contributed by atoms with Gasteiger partial charge in [0, 0.05) is 31.7 Å². The van der Waals surface area contributed by atoms with Crippen molar-refractivity contribution in [2.75, 3.05) is 37.7 Å². The summed E-state index contributed by atoms with van der Waals surface area (Å²) in [5.41, 5.74) is 1.52. The Kier molecular flexibility index (Phi) is 5.57. The molecule has 21 heavy (non-hydrogen) atoms. The van der Waals surface area contributed by atoms with E-state index >= 15 is 0 Å². The summed E-state index contributed by atoms with van der Waals surface area (Å²) in [6.45, 7) is 3.22. The van der Waals surface area contributed by atoms with E-state index in [1.165, 1.54) is 0 Å². The van der Waals surface area contributed by atoms with E-state index in [0.29, 0.717) is 31.7 Å². The third-order valence-electron chi connectivity index (χ3n) is 3.35. The lowest BCUT2D eigenvalue weighted by Gasteiger charge is -2.30. The number of aliphatic carboxylic acids is 1. The minimum Gasteiger partial charge on any atom is -0.481 e. The van der Waals surface area contributed by atoms with Crippen molar-refractivity contribution < 1.29 is 19.4 Å². The standard InChI is InChI=1S/C15H20N2O4/c18-14(19)6-3-7-16-15(20)12-4-1-2-5-13(12)17-8-10-21-11-9-17/h1-2,4-5H,3,6-11H2,(H,16,20)(H,18,19). The first kappa shape index (κ1) is 15.3. The summed E-state index contributed by atoms with van der Waals surface area (Å²) in [7, 11) is 0. The zero-order chi connectivity index (χ0) is 15.1. The Morgan fingerprint density at radius 3 is 2.67 bits per heavy atom. The SMILES string of the molecule is O=C(O)CCCNC(=O)c1ccccc1N1CCOCC1. The second-order valence-electron chi connectivity index (χ2n) is 4.87. The van der Waals surface area contributed by atoms with Crippen LogP contribution < -0.4 is 10.2 Å². The summed E-state index contributed by atoms with van der Waals surface area (Å²) in [4.78, 5) is 24.8. The molecule has 1 aliphatic rings. The van der Waals surface area contributed by atoms with E-state index in [2.05, 4.69) is 10.2 Å². The molecular weight excluding hydrogens is 272 g/mol. The second-order valence-corrected chi connectivity index (χ2v) is 4.87. The minimum atomic E-state index is -0.849. The van der Waals surface area contributed by atoms with Crippen LogP contribution in [0.25, 0.3) is 0 Å². The van der Waals surface area contributed by atoms with Crippen molar-refractivity contribution in [3.63, 3.8) is 0 Å². The molecule has 1 fully saturated rings. The molecule has 2 N–H and O–H groups in total. The van der Waals surface area contributed by atoms with Gasteiger partial charge in [-0.05, 0) is 18.6 Å². The van der Waals surface area contributed by atoms with Crippen molar-refractivity contribution in [2.24, 2.45) is 0 Å². The van der Waals surface area contributed by atoms with Gasteiger partial charge < -0.3 is 20.1 Å². The van der Waals surface area contributed by atoms with Crippen LogP contribution in [-0.4, -0.2) is 49.8 Å². The molecule has 0 unspecified atom stereocenters. The predicted molar refractivity (Wildman–Crippen MR) is 78.7 cm³/mol. The minimum absolute atomic E-state index is 0.0609. The van der Waals surface area contributed by atoms with Crippen molar-refractivity contribution in [1.82, 2.24) is 5.32 Å². The summed E-state index contributed by atoms with van der Waals surface area (Å²) in [6.07, 6.45) is 0.492. The highest BCUT2D eigenvalue weighted by molar-refractivity contribution is 5.99. The van der Waals surface area contributed by atoms with Crippen LogP contribution in [0.3, 0.4) is 0 Å². The predicted octanol–water partition coefficient (Wildman–Crippen LogP) is 1.12. The number of para-hydroxylation sites is 1. The summed E-state index contributed by atoms with van der Waals surface area (Å²) in [5.74, 6) is -1.01. The molecule has 1 aromatic rings. The third-order valence-corrected chi connectivity index (χ3v) is 3.35. The number of morpholine rings is 1. The molecule has 0 atom stereocenters. The molecule has 114 valence electrons. The van der Waals surface area contributed by atoms with E-state index in [-0.39, 0.29) is 12.3 Å². The van der Waals surface area contributed by atoms with E-state index in [1.54, 1.807) is 6.07 Å². The summed E-state index contributed by atoms with van der Waals surface area (Å²) >= 11 is 0. The number of anilines is 1. The molecular formula is C15H20N2O4. The van der Waals surface area contributed by atoms with Crippen molar-refractivity contribution in [3.05, 3.63) is 29.8 Å². The van der Waals surface area contributed by atoms with Crippen LogP contribution in [0.1, 0.15) is 23.2 Å². The van der Waals surface area contributed by atoms with E-state index in [1.807, 2.05) is 18.2 Å². The highest BCUT2D eigenvalue weighted by Crippen LogP contribution is 2.21. The first-order chi connectivity index (χ1) is 10.2. The Hall–Kier alpha value is -2.08. The van der Waals surface area contributed by atoms with Gasteiger partial charge in [-0.3, -0.25) is 9.59 Å². The summed E-state index contributed by atoms with van der Waals surface area (Å²) in [6, 6.07) is 7.46. The highest BCUT2D eigenvalue weighted by Gasteiger charge is 2.17. The number of carbonyl (C=O) groups excluding carboxylic acids is 1. The first-order valence-corrected chi connectivity index (χ1v) is 7.10. The van der Waals surface area contributed by atoms with Crippen LogP contribution in [0.4, 0.5) is 5.69 Å². The molecule has 1 saturated heterocycles. The smallest absolute Gasteiger partial charge is 0.303 e. The number of hydrogen-bond acceptors (Lipinski definition) is 4. The van der Waals surface area contributed by atoms with Gasteiger partial charge in [-0.1, -0.05) is 12.1 Å². The number of carboxylic acid groups (broad SMARTS) is 1. The normalized spacial score (nSPS) is 14.8. The molecule has 2 rings (SSSR count). The zero-order valence-corrected chi connectivity index (χ0v) is 11.9. The Balaban J connectivity index is 1.98. The van der Waals surface area contributed by atoms with Crippen LogP contribution in [0.2, 0.25) is 0 Å². The third kappa shape index (κ3) is 4.46. The van der Waals surface area contributed by atoms with Gasteiger partial charge in [0.2, 0.25) is 0 Å². The maximum atomic E-state index is 12.2. The zero-order valence-electron chi connectivity index (χ0n) is 11.9. The van der Waals surface area contributed by atoms with E-state index < -0.39 is 5.97 Å². The topological polar surface area (TPSA) is 78.9 Å². The van der Waals surface area contributed by atoms with Gasteiger partial charge in [0.1, 0.15) is 0 Å². The lowest BCUT2D eigenvalue weighted by atomic mass is 10.1. The Labute approximate surface area is 123 Å². The van der Waals surface area contributed by atoms with Gasteiger partial charge in [0.15, 0.2) is 0 Å². The number of rotatable bonds is 6. The quantitative estimate of drug-likeness (QED) is 0.768. The van der Waals surface area contributed by atoms with Crippen molar-refractivity contribution in [2.45, 2.75) is 12.8 Å². The molecule has 0 spiro atoms. The van der Waals surface area contributed by atoms with E-state index in [4.69, 9.17) is 9.84 Å². The fourth-order valence-electron chi connectivity index (χ4n) is 2.28. The van der Waals surface area contributed by atoms with Crippen LogP contribution in [0.15, 0.2) is 24.3 Å². The number of nitrogens with one attached hydrogen (secondary N) is 1. The van der Waals surface area contributed by atoms with Crippen LogP contribution in [-0.2, 0) is 9.53 Å². The van der Waals surface area contributed by atoms with Crippen molar-refractivity contribution in [3.8, 4) is 0 Å². The second kappa shape index (κ2) is 7.64. The molecule has 1 amide bonds. The van der Waals surface area contributed by atoms with Gasteiger partial charge >= 0.3 is 5.97 Å². The van der Waals surface area contributed by atoms with Gasteiger partial charge in [0.05, 0.1) is 18.8 Å². The average Bonchev–Trinajstić information content (AvgIpc) is 2.52. The van der Waals surface area contributed by atoms with Crippen LogP contribution >= 0.6 is 0 Å². The lowest BCUT2D eigenvalue weighted by molar-refractivity contribution is -0.137. The molecule has 6 nitrogen and oxygen atoms in total. The Morgan fingerprint density at radius 2 is 1.95 bits per heavy atom. The number of carbonyl (C=O) groups is 2. The Bertz CT molecular complexity index is 498. The summed E-state index contributed by atoms with van der Waals surface area (Å²) < 4.78 is 5.33. The lowest BCUT2D eigenvalue weighted by Crippen LogP contribution is -2.38.